The molecule has 1 aliphatic rings. The van der Waals surface area contributed by atoms with Gasteiger partial charge in [-0.05, 0) is 43.2 Å². The summed E-state index contributed by atoms with van der Waals surface area (Å²) >= 11 is 3.94. The van der Waals surface area contributed by atoms with E-state index in [1.54, 1.807) is 0 Å². The maximum absolute atomic E-state index is 3.94. The topological polar surface area (TPSA) is 0 Å². The normalized spacial score (nSPS) is 21.0. The standard InChI is InChI=1S/C15H21Br/c1-11-6-7-13(12(2)10-11)14(16)15(3)8-4-5-9-15/h6-7,10,14H,4-5,8-9H2,1-3H3. The predicted octanol–water partition coefficient (Wildman–Crippen LogP) is 5.32. The first-order valence-corrected chi connectivity index (χ1v) is 7.16. The monoisotopic (exact) mass is 280 g/mol. The van der Waals surface area contributed by atoms with E-state index in [-0.39, 0.29) is 0 Å². The molecule has 0 saturated heterocycles. The zero-order valence-corrected chi connectivity index (χ0v) is 12.1. The molecule has 1 atom stereocenters. The summed E-state index contributed by atoms with van der Waals surface area (Å²) < 4.78 is 0. The Kier molecular flexibility index (Phi) is 3.44. The molecule has 1 aliphatic carbocycles. The van der Waals surface area contributed by atoms with Crippen molar-refractivity contribution in [3.8, 4) is 0 Å². The molecule has 0 heterocycles. The molecule has 1 aromatic rings. The van der Waals surface area contributed by atoms with Crippen LogP contribution in [0.2, 0.25) is 0 Å². The van der Waals surface area contributed by atoms with Crippen molar-refractivity contribution in [2.45, 2.75) is 51.3 Å². The zero-order valence-electron chi connectivity index (χ0n) is 10.5. The van der Waals surface area contributed by atoms with Gasteiger partial charge in [0.05, 0.1) is 0 Å². The molecule has 0 radical (unpaired) electrons. The van der Waals surface area contributed by atoms with Gasteiger partial charge in [-0.2, -0.15) is 0 Å². The molecule has 16 heavy (non-hydrogen) atoms. The van der Waals surface area contributed by atoms with Crippen molar-refractivity contribution < 1.29 is 0 Å². The summed E-state index contributed by atoms with van der Waals surface area (Å²) in [5.41, 5.74) is 4.72. The minimum Gasteiger partial charge on any atom is -0.0833 e. The molecule has 0 bridgehead atoms. The quantitative estimate of drug-likeness (QED) is 0.643. The fourth-order valence-electron chi connectivity index (χ4n) is 2.92. The molecular weight excluding hydrogens is 260 g/mol. The first-order valence-electron chi connectivity index (χ1n) is 6.24. The largest absolute Gasteiger partial charge is 0.0833 e. The van der Waals surface area contributed by atoms with Crippen LogP contribution in [0.4, 0.5) is 0 Å². The Morgan fingerprint density at radius 1 is 1.19 bits per heavy atom. The highest BCUT2D eigenvalue weighted by molar-refractivity contribution is 9.09. The molecule has 0 spiro atoms. The third-order valence-corrected chi connectivity index (χ3v) is 5.65. The van der Waals surface area contributed by atoms with E-state index in [9.17, 15) is 0 Å². The second-order valence-corrected chi connectivity index (χ2v) is 6.50. The van der Waals surface area contributed by atoms with Crippen molar-refractivity contribution >= 4 is 15.9 Å². The van der Waals surface area contributed by atoms with Gasteiger partial charge in [0.15, 0.2) is 0 Å². The van der Waals surface area contributed by atoms with Crippen LogP contribution in [0.3, 0.4) is 0 Å². The summed E-state index contributed by atoms with van der Waals surface area (Å²) in [5, 5.41) is 0. The molecule has 1 heteroatoms. The van der Waals surface area contributed by atoms with E-state index in [2.05, 4.69) is 54.9 Å². The molecule has 1 fully saturated rings. The van der Waals surface area contributed by atoms with Crippen molar-refractivity contribution in [1.82, 2.24) is 0 Å². The third-order valence-electron chi connectivity index (χ3n) is 4.06. The van der Waals surface area contributed by atoms with Crippen molar-refractivity contribution in [2.24, 2.45) is 5.41 Å². The van der Waals surface area contributed by atoms with Crippen molar-refractivity contribution in [3.63, 3.8) is 0 Å². The Hall–Kier alpha value is -0.300. The van der Waals surface area contributed by atoms with Crippen molar-refractivity contribution in [2.75, 3.05) is 0 Å². The first-order chi connectivity index (χ1) is 7.53. The number of alkyl halides is 1. The van der Waals surface area contributed by atoms with E-state index < -0.39 is 0 Å². The molecule has 1 aromatic carbocycles. The number of benzene rings is 1. The van der Waals surface area contributed by atoms with E-state index in [1.807, 2.05) is 0 Å². The predicted molar refractivity (Wildman–Crippen MR) is 74.2 cm³/mol. The second-order valence-electron chi connectivity index (χ2n) is 5.58. The number of hydrogen-bond acceptors (Lipinski definition) is 0. The summed E-state index contributed by atoms with van der Waals surface area (Å²) in [6.45, 7) is 6.82. The van der Waals surface area contributed by atoms with E-state index in [4.69, 9.17) is 0 Å². The lowest BCUT2D eigenvalue weighted by Gasteiger charge is -2.31. The van der Waals surface area contributed by atoms with Crippen LogP contribution in [0.15, 0.2) is 18.2 Å². The third kappa shape index (κ3) is 2.20. The Morgan fingerprint density at radius 2 is 1.81 bits per heavy atom. The van der Waals surface area contributed by atoms with Gasteiger partial charge in [0.25, 0.3) is 0 Å². The van der Waals surface area contributed by atoms with Crippen LogP contribution in [-0.2, 0) is 0 Å². The fourth-order valence-corrected chi connectivity index (χ4v) is 3.89. The summed E-state index contributed by atoms with van der Waals surface area (Å²) in [5.74, 6) is 0. The molecule has 0 aliphatic heterocycles. The Balaban J connectivity index is 2.29. The Labute approximate surface area is 108 Å². The Morgan fingerprint density at radius 3 is 2.38 bits per heavy atom. The Bertz CT molecular complexity index is 375. The van der Waals surface area contributed by atoms with Crippen LogP contribution < -0.4 is 0 Å². The van der Waals surface area contributed by atoms with Crippen molar-refractivity contribution in [3.05, 3.63) is 34.9 Å². The van der Waals surface area contributed by atoms with Crippen LogP contribution in [0.25, 0.3) is 0 Å². The van der Waals surface area contributed by atoms with Gasteiger partial charge >= 0.3 is 0 Å². The van der Waals surface area contributed by atoms with Crippen LogP contribution in [0.5, 0.6) is 0 Å². The maximum atomic E-state index is 3.94. The number of hydrogen-bond donors (Lipinski definition) is 0. The van der Waals surface area contributed by atoms with Gasteiger partial charge in [-0.1, -0.05) is 59.5 Å². The summed E-state index contributed by atoms with van der Waals surface area (Å²) in [7, 11) is 0. The van der Waals surface area contributed by atoms with Gasteiger partial charge < -0.3 is 0 Å². The van der Waals surface area contributed by atoms with Gasteiger partial charge in [0, 0.05) is 4.83 Å². The number of rotatable bonds is 2. The fraction of sp³-hybridized carbons (Fsp3) is 0.600. The van der Waals surface area contributed by atoms with Crippen molar-refractivity contribution in [1.29, 1.82) is 0 Å². The lowest BCUT2D eigenvalue weighted by Crippen LogP contribution is -2.18. The minimum absolute atomic E-state index is 0.458. The minimum atomic E-state index is 0.458. The van der Waals surface area contributed by atoms with Gasteiger partial charge in [-0.25, -0.2) is 0 Å². The summed E-state index contributed by atoms with van der Waals surface area (Å²) in [4.78, 5) is 0.517. The van der Waals surface area contributed by atoms with E-state index in [0.717, 1.165) is 0 Å². The van der Waals surface area contributed by atoms with E-state index in [1.165, 1.54) is 42.4 Å². The SMILES string of the molecule is Cc1ccc(C(Br)C2(C)CCCC2)c(C)c1. The average molecular weight is 281 g/mol. The van der Waals surface area contributed by atoms with Gasteiger partial charge in [0.1, 0.15) is 0 Å². The van der Waals surface area contributed by atoms with E-state index >= 15 is 0 Å². The van der Waals surface area contributed by atoms with Crippen LogP contribution in [0, 0.1) is 19.3 Å². The first kappa shape index (κ1) is 12.2. The molecule has 2 rings (SSSR count). The highest BCUT2D eigenvalue weighted by Gasteiger charge is 2.36. The average Bonchev–Trinajstić information content (AvgIpc) is 2.66. The van der Waals surface area contributed by atoms with Gasteiger partial charge in [-0.3, -0.25) is 0 Å². The molecule has 1 unspecified atom stereocenters. The van der Waals surface area contributed by atoms with Gasteiger partial charge in [-0.15, -0.1) is 0 Å². The van der Waals surface area contributed by atoms with Gasteiger partial charge in [0.2, 0.25) is 0 Å². The molecule has 0 nitrogen and oxygen atoms in total. The number of aryl methyl sites for hydroxylation is 2. The molecule has 0 N–H and O–H groups in total. The molecule has 1 saturated carbocycles. The smallest absolute Gasteiger partial charge is 0.0451 e. The number of halogens is 1. The maximum Gasteiger partial charge on any atom is 0.0451 e. The van der Waals surface area contributed by atoms with Crippen LogP contribution >= 0.6 is 15.9 Å². The lowest BCUT2D eigenvalue weighted by atomic mass is 9.81. The summed E-state index contributed by atoms with van der Waals surface area (Å²) in [6, 6.07) is 6.82. The second kappa shape index (κ2) is 4.52. The van der Waals surface area contributed by atoms with E-state index in [0.29, 0.717) is 10.2 Å². The van der Waals surface area contributed by atoms with Crippen LogP contribution in [0.1, 0.15) is 54.1 Å². The molecule has 88 valence electrons. The lowest BCUT2D eigenvalue weighted by molar-refractivity contribution is 0.331. The zero-order chi connectivity index (χ0) is 11.8. The molecule has 0 amide bonds. The molecular formula is C15H21Br. The highest BCUT2D eigenvalue weighted by Crippen LogP contribution is 2.52. The highest BCUT2D eigenvalue weighted by atomic mass is 79.9. The summed E-state index contributed by atoms with van der Waals surface area (Å²) in [6.07, 6.45) is 5.50. The van der Waals surface area contributed by atoms with Crippen LogP contribution in [-0.4, -0.2) is 0 Å². The molecule has 0 aromatic heterocycles.